The molecule has 1 aliphatic heterocycles. The second kappa shape index (κ2) is 10.5. The highest BCUT2D eigenvalue weighted by Crippen LogP contribution is 2.47. The van der Waals surface area contributed by atoms with Gasteiger partial charge >= 0.3 is 5.97 Å². The SMILES string of the molecule is CC(C)(C)c1ccc(C2CC(=O)C3=C(C2)Nc2ccccc2N(C(=O)CCC(=O)O)C3c2cccnc2)cc1. The Kier molecular flexibility index (Phi) is 7.08. The van der Waals surface area contributed by atoms with Gasteiger partial charge in [-0.25, -0.2) is 0 Å². The molecule has 0 saturated carbocycles. The number of carbonyl (C=O) groups excluding carboxylic acids is 2. The number of fused-ring (bicyclic) bond motifs is 1. The Morgan fingerprint density at radius 3 is 2.38 bits per heavy atom. The molecule has 0 fully saturated rings. The second-order valence-electron chi connectivity index (χ2n) is 11.3. The minimum Gasteiger partial charge on any atom is -0.481 e. The molecule has 3 aromatic rings. The molecule has 2 N–H and O–H groups in total. The summed E-state index contributed by atoms with van der Waals surface area (Å²) in [6.45, 7) is 6.54. The second-order valence-corrected chi connectivity index (χ2v) is 11.3. The highest BCUT2D eigenvalue weighted by atomic mass is 16.4. The molecule has 2 aromatic carbocycles. The molecule has 0 radical (unpaired) electrons. The number of benzene rings is 2. The van der Waals surface area contributed by atoms with Crippen molar-refractivity contribution in [2.45, 2.75) is 63.8 Å². The van der Waals surface area contributed by atoms with E-state index < -0.39 is 12.0 Å². The zero-order valence-electron chi connectivity index (χ0n) is 22.5. The van der Waals surface area contributed by atoms with Crippen molar-refractivity contribution in [3.63, 3.8) is 0 Å². The number of nitrogens with one attached hydrogen (secondary N) is 1. The van der Waals surface area contributed by atoms with Crippen LogP contribution in [0.2, 0.25) is 0 Å². The van der Waals surface area contributed by atoms with Crippen molar-refractivity contribution in [1.29, 1.82) is 0 Å². The summed E-state index contributed by atoms with van der Waals surface area (Å²) in [6.07, 6.45) is 3.78. The van der Waals surface area contributed by atoms with Crippen molar-refractivity contribution in [2.75, 3.05) is 10.2 Å². The van der Waals surface area contributed by atoms with Gasteiger partial charge in [0.15, 0.2) is 5.78 Å². The fourth-order valence-electron chi connectivity index (χ4n) is 5.54. The van der Waals surface area contributed by atoms with E-state index in [1.54, 1.807) is 23.4 Å². The lowest BCUT2D eigenvalue weighted by molar-refractivity contribution is -0.138. The summed E-state index contributed by atoms with van der Waals surface area (Å²) in [5, 5.41) is 12.8. The molecule has 1 amide bonds. The summed E-state index contributed by atoms with van der Waals surface area (Å²) < 4.78 is 0. The Morgan fingerprint density at radius 1 is 0.974 bits per heavy atom. The summed E-state index contributed by atoms with van der Waals surface area (Å²) in [7, 11) is 0. The smallest absolute Gasteiger partial charge is 0.303 e. The maximum absolute atomic E-state index is 14.0. The molecular formula is C32H33N3O4. The number of aromatic nitrogens is 1. The van der Waals surface area contributed by atoms with Gasteiger partial charge in [0, 0.05) is 36.5 Å². The molecule has 1 aliphatic carbocycles. The Bertz CT molecular complexity index is 1440. The van der Waals surface area contributed by atoms with E-state index in [4.69, 9.17) is 0 Å². The van der Waals surface area contributed by atoms with Gasteiger partial charge < -0.3 is 10.4 Å². The van der Waals surface area contributed by atoms with Crippen LogP contribution in [0.3, 0.4) is 0 Å². The van der Waals surface area contributed by atoms with Crippen LogP contribution in [0.1, 0.15) is 75.1 Å². The number of hydrogen-bond donors (Lipinski definition) is 2. The molecule has 2 heterocycles. The quantitative estimate of drug-likeness (QED) is 0.416. The van der Waals surface area contributed by atoms with E-state index in [1.165, 1.54) is 5.56 Å². The normalized spacial score (nSPS) is 19.1. The number of amides is 1. The number of carboxylic acid groups (broad SMARTS) is 1. The van der Waals surface area contributed by atoms with E-state index in [0.29, 0.717) is 35.4 Å². The molecular weight excluding hydrogens is 490 g/mol. The molecule has 1 aromatic heterocycles. The van der Waals surface area contributed by atoms with Gasteiger partial charge in [-0.05, 0) is 52.6 Å². The summed E-state index contributed by atoms with van der Waals surface area (Å²) in [4.78, 5) is 44.9. The van der Waals surface area contributed by atoms with Crippen molar-refractivity contribution in [3.8, 4) is 0 Å². The van der Waals surface area contributed by atoms with E-state index >= 15 is 0 Å². The number of aliphatic carboxylic acids is 1. The van der Waals surface area contributed by atoms with Gasteiger partial charge in [0.1, 0.15) is 0 Å². The molecule has 0 spiro atoms. The number of carbonyl (C=O) groups is 3. The molecule has 200 valence electrons. The van der Waals surface area contributed by atoms with Crippen molar-refractivity contribution in [3.05, 3.63) is 101 Å². The maximum Gasteiger partial charge on any atom is 0.303 e. The monoisotopic (exact) mass is 523 g/mol. The number of ketones is 1. The van der Waals surface area contributed by atoms with Gasteiger partial charge in [-0.2, -0.15) is 0 Å². The van der Waals surface area contributed by atoms with Crippen LogP contribution in [0.5, 0.6) is 0 Å². The first-order valence-corrected chi connectivity index (χ1v) is 13.3. The number of anilines is 2. The Morgan fingerprint density at radius 2 is 1.72 bits per heavy atom. The lowest BCUT2D eigenvalue weighted by Gasteiger charge is -2.35. The van der Waals surface area contributed by atoms with Crippen molar-refractivity contribution in [1.82, 2.24) is 4.98 Å². The van der Waals surface area contributed by atoms with E-state index in [9.17, 15) is 19.5 Å². The molecule has 0 bridgehead atoms. The third-order valence-electron chi connectivity index (χ3n) is 7.56. The predicted octanol–water partition coefficient (Wildman–Crippen LogP) is 6.14. The fourth-order valence-corrected chi connectivity index (χ4v) is 5.54. The lowest BCUT2D eigenvalue weighted by atomic mass is 9.77. The molecule has 2 unspecified atom stereocenters. The van der Waals surface area contributed by atoms with Crippen LogP contribution >= 0.6 is 0 Å². The fraction of sp³-hybridized carbons (Fsp3) is 0.312. The average molecular weight is 524 g/mol. The van der Waals surface area contributed by atoms with Gasteiger partial charge in [-0.1, -0.05) is 63.2 Å². The first kappa shape index (κ1) is 26.4. The van der Waals surface area contributed by atoms with Gasteiger partial charge in [0.05, 0.1) is 23.8 Å². The number of pyridine rings is 1. The number of hydrogen-bond acceptors (Lipinski definition) is 5. The van der Waals surface area contributed by atoms with Gasteiger partial charge in [-0.15, -0.1) is 0 Å². The van der Waals surface area contributed by atoms with Gasteiger partial charge in [-0.3, -0.25) is 24.3 Å². The van der Waals surface area contributed by atoms with Crippen LogP contribution < -0.4 is 10.2 Å². The zero-order valence-corrected chi connectivity index (χ0v) is 22.5. The van der Waals surface area contributed by atoms with Crippen LogP contribution in [0.15, 0.2) is 84.3 Å². The topological polar surface area (TPSA) is 99.6 Å². The van der Waals surface area contributed by atoms with E-state index in [-0.39, 0.29) is 35.9 Å². The molecule has 0 saturated heterocycles. The van der Waals surface area contributed by atoms with Crippen molar-refractivity contribution >= 4 is 29.0 Å². The Balaban J connectivity index is 1.62. The Hall–Kier alpha value is -4.26. The van der Waals surface area contributed by atoms with E-state index in [0.717, 1.165) is 11.3 Å². The highest BCUT2D eigenvalue weighted by Gasteiger charge is 2.41. The first-order chi connectivity index (χ1) is 18.6. The van der Waals surface area contributed by atoms with Crippen LogP contribution in [-0.4, -0.2) is 27.8 Å². The minimum absolute atomic E-state index is 0.00580. The number of allylic oxidation sites excluding steroid dienone is 1. The van der Waals surface area contributed by atoms with Crippen LogP contribution in [0.4, 0.5) is 11.4 Å². The number of nitrogens with zero attached hydrogens (tertiary/aromatic N) is 2. The molecule has 2 atom stereocenters. The summed E-state index contributed by atoms with van der Waals surface area (Å²) >= 11 is 0. The molecule has 39 heavy (non-hydrogen) atoms. The van der Waals surface area contributed by atoms with E-state index in [1.807, 2.05) is 30.3 Å². The van der Waals surface area contributed by atoms with Crippen molar-refractivity contribution < 1.29 is 19.5 Å². The molecule has 5 rings (SSSR count). The predicted molar refractivity (Wildman–Crippen MR) is 151 cm³/mol. The zero-order chi connectivity index (χ0) is 27.7. The van der Waals surface area contributed by atoms with Gasteiger partial charge in [0.25, 0.3) is 0 Å². The summed E-state index contributed by atoms with van der Waals surface area (Å²) in [5.41, 5.74) is 5.71. The Labute approximate surface area is 228 Å². The number of para-hydroxylation sites is 2. The van der Waals surface area contributed by atoms with Crippen LogP contribution in [0.25, 0.3) is 0 Å². The summed E-state index contributed by atoms with van der Waals surface area (Å²) in [5.74, 6) is -1.45. The largest absolute Gasteiger partial charge is 0.481 e. The van der Waals surface area contributed by atoms with Crippen LogP contribution in [-0.2, 0) is 19.8 Å². The van der Waals surface area contributed by atoms with Crippen molar-refractivity contribution in [2.24, 2.45) is 0 Å². The van der Waals surface area contributed by atoms with E-state index in [2.05, 4.69) is 55.3 Å². The maximum atomic E-state index is 14.0. The first-order valence-electron chi connectivity index (χ1n) is 13.3. The van der Waals surface area contributed by atoms with Crippen LogP contribution in [0, 0.1) is 0 Å². The standard InChI is InChI=1S/C32H33N3O4/c1-32(2,3)23-12-10-20(11-13-23)22-17-25-30(27(36)18-22)31(21-7-6-16-33-19-21)35(28(37)14-15-29(38)39)26-9-5-4-8-24(26)34-25/h4-13,16,19,22,31,34H,14-15,17-18H2,1-3H3,(H,38,39). The third kappa shape index (κ3) is 5.35. The number of carboxylic acids is 1. The summed E-state index contributed by atoms with van der Waals surface area (Å²) in [6, 6.07) is 18.9. The minimum atomic E-state index is -1.04. The van der Waals surface area contributed by atoms with Gasteiger partial charge in [0.2, 0.25) is 5.91 Å². The molecule has 2 aliphatic rings. The lowest BCUT2D eigenvalue weighted by Crippen LogP contribution is -2.38. The highest BCUT2D eigenvalue weighted by molar-refractivity contribution is 6.06. The third-order valence-corrected chi connectivity index (χ3v) is 7.56. The number of Topliss-reactive ketones (excluding diaryl/α,β-unsaturated/α-hetero) is 1. The molecule has 7 heteroatoms. The number of rotatable bonds is 5. The molecule has 7 nitrogen and oxygen atoms in total. The average Bonchev–Trinajstić information content (AvgIpc) is 3.06.